The first-order chi connectivity index (χ1) is 13.3. The highest BCUT2D eigenvalue weighted by Crippen LogP contribution is 2.24. The van der Waals surface area contributed by atoms with Crippen LogP contribution in [0.3, 0.4) is 0 Å². The summed E-state index contributed by atoms with van der Waals surface area (Å²) in [6.45, 7) is 7.14. The second-order valence-corrected chi connectivity index (χ2v) is 7.17. The Morgan fingerprint density at radius 2 is 1.93 bits per heavy atom. The predicted molar refractivity (Wildman–Crippen MR) is 126 cm³/mol. The molecule has 2 heterocycles. The molecule has 0 amide bonds. The largest absolute Gasteiger partial charge is 0.356 e. The van der Waals surface area contributed by atoms with Gasteiger partial charge < -0.3 is 10.6 Å². The van der Waals surface area contributed by atoms with E-state index in [1.54, 1.807) is 0 Å². The Kier molecular flexibility index (Phi) is 9.77. The molecule has 1 aliphatic heterocycles. The van der Waals surface area contributed by atoms with E-state index in [-0.39, 0.29) is 24.0 Å². The van der Waals surface area contributed by atoms with Gasteiger partial charge in [0.1, 0.15) is 0 Å². The summed E-state index contributed by atoms with van der Waals surface area (Å²) in [6.07, 6.45) is 7.41. The van der Waals surface area contributed by atoms with Gasteiger partial charge in [0.05, 0.1) is 6.04 Å². The number of hydrogen-bond donors (Lipinski definition) is 2. The van der Waals surface area contributed by atoms with Crippen LogP contribution in [-0.4, -0.2) is 53.9 Å². The molecule has 0 spiro atoms. The number of nitrogens with zero attached hydrogens (tertiary/aromatic N) is 4. The van der Waals surface area contributed by atoms with Gasteiger partial charge in [0.2, 0.25) is 0 Å². The van der Waals surface area contributed by atoms with Crippen molar-refractivity contribution < 1.29 is 0 Å². The zero-order valence-electron chi connectivity index (χ0n) is 17.0. The zero-order chi connectivity index (χ0) is 18.9. The fraction of sp³-hybridized carbons (Fsp3) is 0.524. The average molecular weight is 496 g/mol. The molecule has 1 unspecified atom stereocenters. The van der Waals surface area contributed by atoms with Gasteiger partial charge in [-0.15, -0.1) is 24.0 Å². The first-order valence-electron chi connectivity index (χ1n) is 9.99. The maximum atomic E-state index is 4.38. The van der Waals surface area contributed by atoms with Crippen LogP contribution in [-0.2, 0) is 6.54 Å². The van der Waals surface area contributed by atoms with E-state index in [0.29, 0.717) is 6.04 Å². The standard InChI is InChI=1S/C21H32N6.HI/c1-18-7-9-19(10-8-18)20(26-13-3-4-14-26)17-24-21(22-2)23-11-5-15-27-16-6-12-25-27;/h6-10,12,16,20H,3-5,11,13-15,17H2,1-2H3,(H2,22,23,24);1H. The van der Waals surface area contributed by atoms with E-state index in [1.165, 1.54) is 37.1 Å². The van der Waals surface area contributed by atoms with Crippen molar-refractivity contribution in [2.45, 2.75) is 38.8 Å². The first-order valence-corrected chi connectivity index (χ1v) is 9.99. The Morgan fingerprint density at radius 1 is 1.18 bits per heavy atom. The molecule has 2 N–H and O–H groups in total. The highest BCUT2D eigenvalue weighted by Gasteiger charge is 2.23. The topological polar surface area (TPSA) is 57.5 Å². The van der Waals surface area contributed by atoms with E-state index in [9.17, 15) is 0 Å². The quantitative estimate of drug-likeness (QED) is 0.255. The van der Waals surface area contributed by atoms with E-state index in [2.05, 4.69) is 56.8 Å². The number of aliphatic imine (C=N–C) groups is 1. The smallest absolute Gasteiger partial charge is 0.191 e. The molecule has 7 heteroatoms. The maximum Gasteiger partial charge on any atom is 0.191 e. The van der Waals surface area contributed by atoms with E-state index in [1.807, 2.05) is 30.2 Å². The lowest BCUT2D eigenvalue weighted by molar-refractivity contribution is 0.245. The minimum Gasteiger partial charge on any atom is -0.356 e. The molecule has 1 saturated heterocycles. The van der Waals surface area contributed by atoms with Crippen molar-refractivity contribution in [3.63, 3.8) is 0 Å². The molecule has 0 bridgehead atoms. The van der Waals surface area contributed by atoms with E-state index < -0.39 is 0 Å². The van der Waals surface area contributed by atoms with Crippen LogP contribution in [0.5, 0.6) is 0 Å². The monoisotopic (exact) mass is 496 g/mol. The van der Waals surface area contributed by atoms with Crippen LogP contribution in [0.2, 0.25) is 0 Å². The third kappa shape index (κ3) is 6.77. The molecule has 0 radical (unpaired) electrons. The van der Waals surface area contributed by atoms with Gasteiger partial charge in [0.15, 0.2) is 5.96 Å². The summed E-state index contributed by atoms with van der Waals surface area (Å²) in [4.78, 5) is 6.97. The van der Waals surface area contributed by atoms with Gasteiger partial charge in [-0.05, 0) is 50.9 Å². The number of likely N-dealkylation sites (tertiary alicyclic amines) is 1. The first kappa shape index (κ1) is 22.7. The Balaban J connectivity index is 0.00000280. The second kappa shape index (κ2) is 12.1. The minimum atomic E-state index is 0. The van der Waals surface area contributed by atoms with Gasteiger partial charge in [0.25, 0.3) is 0 Å². The zero-order valence-corrected chi connectivity index (χ0v) is 19.3. The van der Waals surface area contributed by atoms with Crippen LogP contribution in [0.15, 0.2) is 47.7 Å². The number of nitrogens with one attached hydrogen (secondary N) is 2. The van der Waals surface area contributed by atoms with Crippen molar-refractivity contribution in [2.75, 3.05) is 33.2 Å². The number of hydrogen-bond acceptors (Lipinski definition) is 3. The molecule has 1 fully saturated rings. The van der Waals surface area contributed by atoms with Crippen molar-refractivity contribution >= 4 is 29.9 Å². The number of aryl methyl sites for hydroxylation is 2. The second-order valence-electron chi connectivity index (χ2n) is 7.17. The molecular weight excluding hydrogens is 463 g/mol. The lowest BCUT2D eigenvalue weighted by atomic mass is 10.0. The van der Waals surface area contributed by atoms with Crippen molar-refractivity contribution in [2.24, 2.45) is 4.99 Å². The summed E-state index contributed by atoms with van der Waals surface area (Å²) in [5.74, 6) is 0.867. The Hall–Kier alpha value is -1.61. The highest BCUT2D eigenvalue weighted by molar-refractivity contribution is 14.0. The molecule has 0 aliphatic carbocycles. The molecule has 1 aromatic carbocycles. The summed E-state index contributed by atoms with van der Waals surface area (Å²) < 4.78 is 1.96. The fourth-order valence-electron chi connectivity index (χ4n) is 3.59. The van der Waals surface area contributed by atoms with Gasteiger partial charge in [-0.3, -0.25) is 14.6 Å². The Bertz CT molecular complexity index is 692. The summed E-state index contributed by atoms with van der Waals surface area (Å²) in [5.41, 5.74) is 2.69. The summed E-state index contributed by atoms with van der Waals surface area (Å²) in [6, 6.07) is 11.3. The number of aromatic nitrogens is 2. The number of guanidine groups is 1. The minimum absolute atomic E-state index is 0. The maximum absolute atomic E-state index is 4.38. The summed E-state index contributed by atoms with van der Waals surface area (Å²) >= 11 is 0. The molecule has 1 aromatic heterocycles. The van der Waals surface area contributed by atoms with Crippen LogP contribution >= 0.6 is 24.0 Å². The van der Waals surface area contributed by atoms with Crippen LogP contribution in [0.1, 0.15) is 36.4 Å². The molecule has 3 rings (SSSR count). The van der Waals surface area contributed by atoms with E-state index in [4.69, 9.17) is 0 Å². The van der Waals surface area contributed by atoms with Crippen LogP contribution in [0, 0.1) is 6.92 Å². The third-order valence-electron chi connectivity index (χ3n) is 5.15. The van der Waals surface area contributed by atoms with Crippen LogP contribution in [0.4, 0.5) is 0 Å². The predicted octanol–water partition coefficient (Wildman–Crippen LogP) is 3.20. The Morgan fingerprint density at radius 3 is 2.57 bits per heavy atom. The summed E-state index contributed by atoms with van der Waals surface area (Å²) in [7, 11) is 1.83. The summed E-state index contributed by atoms with van der Waals surface area (Å²) in [5, 5.41) is 11.2. The lowest BCUT2D eigenvalue weighted by Gasteiger charge is -2.29. The van der Waals surface area contributed by atoms with Crippen molar-refractivity contribution in [1.82, 2.24) is 25.3 Å². The highest BCUT2D eigenvalue weighted by atomic mass is 127. The molecule has 1 atom stereocenters. The normalized spacial score (nSPS) is 15.9. The molecule has 28 heavy (non-hydrogen) atoms. The fourth-order valence-corrected chi connectivity index (χ4v) is 3.59. The molecule has 6 nitrogen and oxygen atoms in total. The molecular formula is C21H33IN6. The molecule has 0 saturated carbocycles. The van der Waals surface area contributed by atoms with Crippen LogP contribution in [0.25, 0.3) is 0 Å². The van der Waals surface area contributed by atoms with Crippen molar-refractivity contribution in [1.29, 1.82) is 0 Å². The van der Waals surface area contributed by atoms with Gasteiger partial charge in [-0.1, -0.05) is 29.8 Å². The van der Waals surface area contributed by atoms with Gasteiger partial charge in [0, 0.05) is 39.1 Å². The van der Waals surface area contributed by atoms with Crippen LogP contribution < -0.4 is 10.6 Å². The lowest BCUT2D eigenvalue weighted by Crippen LogP contribution is -2.43. The van der Waals surface area contributed by atoms with E-state index >= 15 is 0 Å². The number of benzene rings is 1. The Labute approximate surface area is 185 Å². The van der Waals surface area contributed by atoms with Crippen molar-refractivity contribution in [3.05, 3.63) is 53.9 Å². The molecule has 2 aromatic rings. The van der Waals surface area contributed by atoms with Gasteiger partial charge in [-0.25, -0.2) is 0 Å². The SMILES string of the molecule is CN=C(NCCCn1cccn1)NCC(c1ccc(C)cc1)N1CCCC1.I. The number of rotatable bonds is 8. The average Bonchev–Trinajstić information content (AvgIpc) is 3.39. The van der Waals surface area contributed by atoms with Crippen molar-refractivity contribution in [3.8, 4) is 0 Å². The number of halogens is 1. The molecule has 154 valence electrons. The van der Waals surface area contributed by atoms with E-state index in [0.717, 1.165) is 32.0 Å². The van der Waals surface area contributed by atoms with Gasteiger partial charge in [-0.2, -0.15) is 5.10 Å². The third-order valence-corrected chi connectivity index (χ3v) is 5.15. The van der Waals surface area contributed by atoms with Gasteiger partial charge >= 0.3 is 0 Å². The molecule has 1 aliphatic rings.